The highest BCUT2D eigenvalue weighted by Crippen LogP contribution is 2.27. The van der Waals surface area contributed by atoms with Crippen molar-refractivity contribution < 1.29 is 14.6 Å². The van der Waals surface area contributed by atoms with Gasteiger partial charge in [-0.2, -0.15) is 0 Å². The van der Waals surface area contributed by atoms with Gasteiger partial charge in [0.1, 0.15) is 17.2 Å². The molecule has 3 nitrogen and oxygen atoms in total. The summed E-state index contributed by atoms with van der Waals surface area (Å²) < 4.78 is 12.4. The minimum Gasteiger partial charge on any atom is -0.508 e. The molecule has 0 bridgehead atoms. The number of phenols is 2. The predicted octanol–water partition coefficient (Wildman–Crippen LogP) is 0.819. The Labute approximate surface area is 56.5 Å². The van der Waals surface area contributed by atoms with Crippen LogP contribution in [0.5, 0.6) is 11.5 Å². The first-order valence-electron chi connectivity index (χ1n) is 2.58. The summed E-state index contributed by atoms with van der Waals surface area (Å²) in [4.78, 5) is 0. The highest BCUT2D eigenvalue weighted by Gasteiger charge is 2.04. The van der Waals surface area contributed by atoms with E-state index in [1.165, 1.54) is 0 Å². The number of hydrogen-bond donors (Lipinski definition) is 3. The van der Waals surface area contributed by atoms with Crippen LogP contribution in [0.1, 0.15) is 0 Å². The van der Waals surface area contributed by atoms with Crippen LogP contribution in [-0.4, -0.2) is 10.2 Å². The summed E-state index contributed by atoms with van der Waals surface area (Å²) in [6, 6.07) is 1.80. The van der Waals surface area contributed by atoms with Gasteiger partial charge in [0.05, 0.1) is 0 Å². The Morgan fingerprint density at radius 1 is 1.30 bits per heavy atom. The Bertz CT molecular complexity index is 239. The summed E-state index contributed by atoms with van der Waals surface area (Å²) in [5, 5.41) is 17.4. The number of nitrogen functional groups attached to an aromatic ring is 1. The molecule has 1 rings (SSSR count). The van der Waals surface area contributed by atoms with Gasteiger partial charge in [-0.05, 0) is 0 Å². The number of halogens is 1. The molecule has 54 valence electrons. The molecule has 0 atom stereocenters. The van der Waals surface area contributed by atoms with Crippen LogP contribution >= 0.6 is 0 Å². The number of benzene rings is 1. The minimum absolute atomic E-state index is 0.343. The first-order chi connectivity index (χ1) is 4.61. The van der Waals surface area contributed by atoms with Gasteiger partial charge in [-0.25, -0.2) is 4.39 Å². The molecule has 0 aliphatic rings. The van der Waals surface area contributed by atoms with Gasteiger partial charge in [0.25, 0.3) is 0 Å². The van der Waals surface area contributed by atoms with Crippen LogP contribution in [-0.2, 0) is 0 Å². The molecule has 0 saturated carbocycles. The number of anilines is 1. The average molecular weight is 143 g/mol. The van der Waals surface area contributed by atoms with Gasteiger partial charge in [-0.15, -0.1) is 0 Å². The number of nitrogens with two attached hydrogens (primary N) is 1. The molecule has 0 radical (unpaired) electrons. The third kappa shape index (κ3) is 0.953. The molecular weight excluding hydrogens is 137 g/mol. The summed E-state index contributed by atoms with van der Waals surface area (Å²) >= 11 is 0. The second-order valence-corrected chi connectivity index (χ2v) is 1.86. The van der Waals surface area contributed by atoms with Crippen molar-refractivity contribution in [3.05, 3.63) is 17.9 Å². The van der Waals surface area contributed by atoms with Gasteiger partial charge < -0.3 is 15.9 Å². The van der Waals surface area contributed by atoms with Gasteiger partial charge in [0, 0.05) is 12.1 Å². The van der Waals surface area contributed by atoms with Crippen molar-refractivity contribution >= 4 is 5.69 Å². The number of rotatable bonds is 0. The molecular formula is C6H6FNO2. The molecule has 0 unspecified atom stereocenters. The Hall–Kier alpha value is -1.45. The fourth-order valence-electron chi connectivity index (χ4n) is 0.589. The Morgan fingerprint density at radius 2 is 1.90 bits per heavy atom. The number of aromatic hydroxyl groups is 2. The molecule has 0 saturated heterocycles. The maximum atomic E-state index is 12.4. The molecule has 1 aromatic carbocycles. The zero-order valence-electron chi connectivity index (χ0n) is 5.00. The zero-order valence-corrected chi connectivity index (χ0v) is 5.00. The van der Waals surface area contributed by atoms with Gasteiger partial charge in [-0.3, -0.25) is 0 Å². The van der Waals surface area contributed by atoms with Crippen LogP contribution in [0, 0.1) is 5.82 Å². The van der Waals surface area contributed by atoms with E-state index < -0.39 is 11.6 Å². The van der Waals surface area contributed by atoms with Crippen molar-refractivity contribution in [3.8, 4) is 11.5 Å². The highest BCUT2D eigenvalue weighted by atomic mass is 19.1. The van der Waals surface area contributed by atoms with Gasteiger partial charge in [0.15, 0.2) is 5.82 Å². The van der Waals surface area contributed by atoms with Crippen LogP contribution < -0.4 is 5.73 Å². The summed E-state index contributed by atoms with van der Waals surface area (Å²) in [5.74, 6) is -1.61. The smallest absolute Gasteiger partial charge is 0.153 e. The molecule has 0 aromatic heterocycles. The normalized spacial score (nSPS) is 9.70. The van der Waals surface area contributed by atoms with Crippen molar-refractivity contribution in [3.63, 3.8) is 0 Å². The van der Waals surface area contributed by atoms with Crippen LogP contribution in [0.15, 0.2) is 12.1 Å². The van der Waals surface area contributed by atoms with Gasteiger partial charge in [-0.1, -0.05) is 0 Å². The Kier molecular flexibility index (Phi) is 1.37. The summed E-state index contributed by atoms with van der Waals surface area (Å²) in [6.45, 7) is 0. The Balaban J connectivity index is 3.31. The van der Waals surface area contributed by atoms with Crippen molar-refractivity contribution in [1.29, 1.82) is 0 Å². The van der Waals surface area contributed by atoms with Crippen LogP contribution in [0.2, 0.25) is 0 Å². The molecule has 0 fully saturated rings. The van der Waals surface area contributed by atoms with E-state index in [4.69, 9.17) is 15.9 Å². The van der Waals surface area contributed by atoms with Gasteiger partial charge >= 0.3 is 0 Å². The number of hydrogen-bond acceptors (Lipinski definition) is 3. The summed E-state index contributed by atoms with van der Waals surface area (Å²) in [6.07, 6.45) is 0. The van der Waals surface area contributed by atoms with Crippen molar-refractivity contribution in [2.75, 3.05) is 5.73 Å². The van der Waals surface area contributed by atoms with Crippen LogP contribution in [0.25, 0.3) is 0 Å². The lowest BCUT2D eigenvalue weighted by Gasteiger charge is -1.99. The molecule has 0 spiro atoms. The second kappa shape index (κ2) is 2.06. The fourth-order valence-corrected chi connectivity index (χ4v) is 0.589. The third-order valence-electron chi connectivity index (χ3n) is 1.09. The maximum Gasteiger partial charge on any atom is 0.153 e. The van der Waals surface area contributed by atoms with E-state index in [-0.39, 0.29) is 11.4 Å². The average Bonchev–Trinajstić information content (AvgIpc) is 1.82. The van der Waals surface area contributed by atoms with Crippen molar-refractivity contribution in [2.24, 2.45) is 0 Å². The van der Waals surface area contributed by atoms with Crippen molar-refractivity contribution in [2.45, 2.75) is 0 Å². The van der Waals surface area contributed by atoms with Crippen molar-refractivity contribution in [1.82, 2.24) is 0 Å². The molecule has 1 aromatic rings. The van der Waals surface area contributed by atoms with E-state index in [2.05, 4.69) is 0 Å². The highest BCUT2D eigenvalue weighted by molar-refractivity contribution is 5.55. The monoisotopic (exact) mass is 143 g/mol. The molecule has 0 heterocycles. The lowest BCUT2D eigenvalue weighted by atomic mass is 10.3. The molecule has 0 aliphatic carbocycles. The number of phenolic OH excluding ortho intramolecular Hbond substituents is 2. The topological polar surface area (TPSA) is 66.5 Å². The molecule has 4 N–H and O–H groups in total. The SMILES string of the molecule is Nc1c(O)cc(O)cc1F. The van der Waals surface area contributed by atoms with Gasteiger partial charge in [0.2, 0.25) is 0 Å². The quantitative estimate of drug-likeness (QED) is 0.286. The Morgan fingerprint density at radius 3 is 2.40 bits per heavy atom. The van der Waals surface area contributed by atoms with E-state index in [1.54, 1.807) is 0 Å². The lowest BCUT2D eigenvalue weighted by molar-refractivity contribution is 0.444. The fraction of sp³-hybridized carbons (Fsp3) is 0. The van der Waals surface area contributed by atoms with E-state index in [1.807, 2.05) is 0 Å². The molecule has 0 aliphatic heterocycles. The maximum absolute atomic E-state index is 12.4. The first-order valence-corrected chi connectivity index (χ1v) is 2.58. The third-order valence-corrected chi connectivity index (χ3v) is 1.09. The molecule has 10 heavy (non-hydrogen) atoms. The second-order valence-electron chi connectivity index (χ2n) is 1.86. The molecule has 0 amide bonds. The van der Waals surface area contributed by atoms with E-state index in [0.29, 0.717) is 0 Å². The van der Waals surface area contributed by atoms with E-state index in [9.17, 15) is 4.39 Å². The van der Waals surface area contributed by atoms with Crippen LogP contribution in [0.4, 0.5) is 10.1 Å². The van der Waals surface area contributed by atoms with E-state index in [0.717, 1.165) is 12.1 Å². The van der Waals surface area contributed by atoms with Crippen LogP contribution in [0.3, 0.4) is 0 Å². The zero-order chi connectivity index (χ0) is 7.72. The first kappa shape index (κ1) is 6.67. The largest absolute Gasteiger partial charge is 0.508 e. The lowest BCUT2D eigenvalue weighted by Crippen LogP contribution is -1.89. The molecule has 4 heteroatoms. The minimum atomic E-state index is -0.822. The van der Waals surface area contributed by atoms with E-state index >= 15 is 0 Å². The summed E-state index contributed by atoms with van der Waals surface area (Å²) in [7, 11) is 0. The summed E-state index contributed by atoms with van der Waals surface area (Å²) in [5.41, 5.74) is 4.67. The standard InChI is InChI=1S/C6H6FNO2/c7-4-1-3(9)2-5(10)6(4)8/h1-2,9-10H,8H2. The predicted molar refractivity (Wildman–Crippen MR) is 34.1 cm³/mol.